The number of aromatic nitrogens is 3. The molecule has 0 bridgehead atoms. The van der Waals surface area contributed by atoms with E-state index in [1.807, 2.05) is 12.1 Å². The molecule has 3 aromatic rings. The zero-order valence-corrected chi connectivity index (χ0v) is 16.4. The van der Waals surface area contributed by atoms with E-state index in [-0.39, 0.29) is 35.9 Å². The fourth-order valence-electron chi connectivity index (χ4n) is 3.66. The number of nitrogens with zero attached hydrogens (tertiary/aromatic N) is 4. The number of aromatic amines is 1. The Balaban J connectivity index is 1.66. The minimum Gasteiger partial charge on any atom is -0.443 e. The Morgan fingerprint density at radius 3 is 3.13 bits per heavy atom. The molecule has 1 aliphatic heterocycles. The molecular weight excluding hydrogens is 386 g/mol. The molecule has 0 aromatic carbocycles. The quantitative estimate of drug-likeness (QED) is 0.587. The van der Waals surface area contributed by atoms with Gasteiger partial charge in [0.2, 0.25) is 11.8 Å². The Labute approximate surface area is 172 Å². The molecule has 2 amide bonds. The lowest BCUT2D eigenvalue weighted by Gasteiger charge is -2.33. The second-order valence-electron chi connectivity index (χ2n) is 7.06. The van der Waals surface area contributed by atoms with Crippen molar-refractivity contribution in [2.45, 2.75) is 25.3 Å². The van der Waals surface area contributed by atoms with Crippen molar-refractivity contribution in [3.8, 4) is 17.5 Å². The normalized spacial score (nSPS) is 16.3. The molecule has 0 aliphatic carbocycles. The molecule has 30 heavy (non-hydrogen) atoms. The summed E-state index contributed by atoms with van der Waals surface area (Å²) in [4.78, 5) is 37.5. The van der Waals surface area contributed by atoms with Gasteiger partial charge in [-0.15, -0.1) is 0 Å². The maximum Gasteiger partial charge on any atom is 0.272 e. The van der Waals surface area contributed by atoms with Crippen LogP contribution in [0.4, 0.5) is 5.69 Å². The molecule has 10 nitrogen and oxygen atoms in total. The summed E-state index contributed by atoms with van der Waals surface area (Å²) in [5, 5.41) is 15.7. The van der Waals surface area contributed by atoms with Gasteiger partial charge in [-0.3, -0.25) is 9.59 Å². The van der Waals surface area contributed by atoms with Crippen LogP contribution < -0.4 is 10.6 Å². The molecule has 0 spiro atoms. The molecule has 4 rings (SSSR count). The summed E-state index contributed by atoms with van der Waals surface area (Å²) in [6, 6.07) is 3.81. The summed E-state index contributed by atoms with van der Waals surface area (Å²) in [5.41, 5.74) is 2.27. The topological polar surface area (TPSA) is 140 Å². The van der Waals surface area contributed by atoms with Gasteiger partial charge in [0.05, 0.1) is 17.3 Å². The summed E-state index contributed by atoms with van der Waals surface area (Å²) in [5.74, 6) is -0.220. The van der Waals surface area contributed by atoms with E-state index >= 15 is 0 Å². The van der Waals surface area contributed by atoms with Gasteiger partial charge in [0, 0.05) is 44.0 Å². The van der Waals surface area contributed by atoms with E-state index in [9.17, 15) is 9.59 Å². The van der Waals surface area contributed by atoms with Crippen LogP contribution >= 0.6 is 0 Å². The van der Waals surface area contributed by atoms with Crippen molar-refractivity contribution in [2.24, 2.45) is 0 Å². The Morgan fingerprint density at radius 2 is 2.33 bits per heavy atom. The number of H-pyrrole nitrogens is 1. The van der Waals surface area contributed by atoms with E-state index in [4.69, 9.17) is 9.68 Å². The Morgan fingerprint density at radius 1 is 1.47 bits per heavy atom. The average Bonchev–Trinajstić information content (AvgIpc) is 3.44. The minimum atomic E-state index is -0.339. The number of oxazole rings is 1. The number of fused-ring (bicyclic) bond motifs is 1. The SMILES string of the molecule is CNC(=O)c1coc(-c2cnc3[nH]ccc3c2NC2CCCN(C(=O)CC#N)C2)n1. The number of nitrogens with one attached hydrogen (secondary N) is 3. The van der Waals surface area contributed by atoms with Gasteiger partial charge in [-0.05, 0) is 18.9 Å². The number of carbonyl (C=O) groups is 2. The van der Waals surface area contributed by atoms with Crippen molar-refractivity contribution in [1.29, 1.82) is 5.26 Å². The number of pyridine rings is 1. The maximum atomic E-state index is 12.1. The molecule has 4 heterocycles. The van der Waals surface area contributed by atoms with Crippen LogP contribution in [0.3, 0.4) is 0 Å². The molecule has 1 aliphatic rings. The molecule has 1 fully saturated rings. The summed E-state index contributed by atoms with van der Waals surface area (Å²) in [7, 11) is 1.53. The molecular formula is C20H21N7O3. The molecule has 1 saturated heterocycles. The largest absolute Gasteiger partial charge is 0.443 e. The first-order valence-electron chi connectivity index (χ1n) is 9.66. The highest BCUT2D eigenvalue weighted by Crippen LogP contribution is 2.34. The third-order valence-electron chi connectivity index (χ3n) is 5.13. The van der Waals surface area contributed by atoms with Gasteiger partial charge in [-0.1, -0.05) is 0 Å². The van der Waals surface area contributed by atoms with Crippen molar-refractivity contribution in [3.63, 3.8) is 0 Å². The van der Waals surface area contributed by atoms with Gasteiger partial charge in [-0.25, -0.2) is 9.97 Å². The van der Waals surface area contributed by atoms with Crippen molar-refractivity contribution in [1.82, 2.24) is 25.2 Å². The predicted octanol–water partition coefficient (Wildman–Crippen LogP) is 1.89. The number of hydrogen-bond acceptors (Lipinski definition) is 7. The standard InChI is InChI=1S/C20H21N7O3/c1-22-19(29)15-11-30-20(26-15)14-9-24-18-13(5-7-23-18)17(14)25-12-3-2-8-27(10-12)16(28)4-6-21/h5,7,9,11-12H,2-4,8,10H2,1H3,(H,22,29)(H2,23,24,25). The van der Waals surface area contributed by atoms with Gasteiger partial charge in [0.15, 0.2) is 5.69 Å². The highest BCUT2D eigenvalue weighted by atomic mass is 16.3. The van der Waals surface area contributed by atoms with Gasteiger partial charge in [-0.2, -0.15) is 5.26 Å². The zero-order chi connectivity index (χ0) is 21.1. The van der Waals surface area contributed by atoms with Crippen molar-refractivity contribution in [3.05, 3.63) is 30.4 Å². The lowest BCUT2D eigenvalue weighted by molar-refractivity contribution is -0.131. The molecule has 3 N–H and O–H groups in total. The number of piperidine rings is 1. The fraction of sp³-hybridized carbons (Fsp3) is 0.350. The maximum absolute atomic E-state index is 12.1. The highest BCUT2D eigenvalue weighted by Gasteiger charge is 2.26. The van der Waals surface area contributed by atoms with E-state index in [2.05, 4.69) is 25.6 Å². The van der Waals surface area contributed by atoms with Crippen molar-refractivity contribution >= 4 is 28.5 Å². The minimum absolute atomic E-state index is 0.00554. The number of carbonyl (C=O) groups excluding carboxylic acids is 2. The first-order valence-corrected chi connectivity index (χ1v) is 9.66. The van der Waals surface area contributed by atoms with Crippen molar-refractivity contribution in [2.75, 3.05) is 25.5 Å². The molecule has 154 valence electrons. The lowest BCUT2D eigenvalue weighted by atomic mass is 10.0. The molecule has 1 unspecified atom stereocenters. The second-order valence-corrected chi connectivity index (χ2v) is 7.06. The van der Waals surface area contributed by atoms with Crippen LogP contribution in [0.15, 0.2) is 29.1 Å². The van der Waals surface area contributed by atoms with Gasteiger partial charge < -0.3 is 24.9 Å². The summed E-state index contributed by atoms with van der Waals surface area (Å²) >= 11 is 0. The molecule has 3 aromatic heterocycles. The number of rotatable bonds is 5. The third-order valence-corrected chi connectivity index (χ3v) is 5.13. The summed E-state index contributed by atoms with van der Waals surface area (Å²) in [6.45, 7) is 1.15. The highest BCUT2D eigenvalue weighted by molar-refractivity contribution is 5.98. The molecule has 0 radical (unpaired) electrons. The van der Waals surface area contributed by atoms with Gasteiger partial charge in [0.25, 0.3) is 5.91 Å². The monoisotopic (exact) mass is 407 g/mol. The van der Waals surface area contributed by atoms with Gasteiger partial charge >= 0.3 is 0 Å². The average molecular weight is 407 g/mol. The van der Waals surface area contributed by atoms with Crippen LogP contribution in [-0.2, 0) is 4.79 Å². The van der Waals surface area contributed by atoms with Crippen LogP contribution in [0.5, 0.6) is 0 Å². The number of nitriles is 1. The van der Waals surface area contributed by atoms with E-state index in [0.717, 1.165) is 23.9 Å². The number of anilines is 1. The van der Waals surface area contributed by atoms with E-state index in [0.29, 0.717) is 24.3 Å². The molecule has 1 atom stereocenters. The first-order chi connectivity index (χ1) is 14.6. The Hall–Kier alpha value is -3.87. The summed E-state index contributed by atoms with van der Waals surface area (Å²) < 4.78 is 5.56. The van der Waals surface area contributed by atoms with E-state index in [1.165, 1.54) is 13.3 Å². The van der Waals surface area contributed by atoms with Crippen LogP contribution in [0, 0.1) is 11.3 Å². The Bertz CT molecular complexity index is 1130. The van der Waals surface area contributed by atoms with Crippen LogP contribution in [0.25, 0.3) is 22.5 Å². The van der Waals surface area contributed by atoms with E-state index < -0.39 is 0 Å². The number of hydrogen-bond donors (Lipinski definition) is 3. The van der Waals surface area contributed by atoms with Crippen LogP contribution in [-0.4, -0.2) is 57.8 Å². The van der Waals surface area contributed by atoms with Gasteiger partial charge in [0.1, 0.15) is 18.3 Å². The van der Waals surface area contributed by atoms with Crippen LogP contribution in [0.2, 0.25) is 0 Å². The predicted molar refractivity (Wildman–Crippen MR) is 108 cm³/mol. The second kappa shape index (κ2) is 8.24. The van der Waals surface area contributed by atoms with Crippen LogP contribution in [0.1, 0.15) is 29.8 Å². The third kappa shape index (κ3) is 3.69. The van der Waals surface area contributed by atoms with E-state index in [1.54, 1.807) is 17.3 Å². The number of amides is 2. The molecule has 0 saturated carbocycles. The molecule has 10 heteroatoms. The smallest absolute Gasteiger partial charge is 0.272 e. The first kappa shape index (κ1) is 19.4. The zero-order valence-electron chi connectivity index (χ0n) is 16.4. The summed E-state index contributed by atoms with van der Waals surface area (Å²) in [6.07, 6.45) is 6.34. The van der Waals surface area contributed by atoms with Crippen molar-refractivity contribution < 1.29 is 14.0 Å². The number of likely N-dealkylation sites (tertiary alicyclic amines) is 1. The Kier molecular flexibility index (Phi) is 5.34. The fourth-order valence-corrected chi connectivity index (χ4v) is 3.66. The lowest BCUT2D eigenvalue weighted by Crippen LogP contribution is -2.45.